The van der Waals surface area contributed by atoms with Gasteiger partial charge in [-0.05, 0) is 49.7 Å². The Hall–Kier alpha value is -0.750. The average molecular weight is 327 g/mol. The van der Waals surface area contributed by atoms with Gasteiger partial charge in [0.1, 0.15) is 5.41 Å². The lowest BCUT2D eigenvalue weighted by atomic mass is 9.90. The van der Waals surface area contributed by atoms with Crippen LogP contribution in [0.5, 0.6) is 0 Å². The summed E-state index contributed by atoms with van der Waals surface area (Å²) in [5, 5.41) is 3.13. The minimum atomic E-state index is -0.909. The van der Waals surface area contributed by atoms with E-state index >= 15 is 0 Å². The second-order valence-electron chi connectivity index (χ2n) is 7.04. The minimum Gasteiger partial charge on any atom is -0.369 e. The molecule has 0 aromatic rings. The fourth-order valence-corrected chi connectivity index (χ4v) is 3.79. The Kier molecular flexibility index (Phi) is 5.77. The molecule has 126 valence electrons. The highest BCUT2D eigenvalue weighted by Gasteiger charge is 2.56. The van der Waals surface area contributed by atoms with Crippen LogP contribution in [0.1, 0.15) is 33.1 Å². The van der Waals surface area contributed by atoms with Crippen molar-refractivity contribution in [2.24, 2.45) is 23.0 Å². The van der Waals surface area contributed by atoms with Gasteiger partial charge in [-0.25, -0.2) is 0 Å². The normalized spacial score (nSPS) is 27.1. The number of carbonyl (C=O) groups is 2. The summed E-state index contributed by atoms with van der Waals surface area (Å²) in [6.07, 6.45) is 4.51. The number of carbonyl (C=O) groups excluding carboxylic acids is 2. The van der Waals surface area contributed by atoms with Crippen LogP contribution >= 0.6 is 11.8 Å². The van der Waals surface area contributed by atoms with Crippen molar-refractivity contribution in [2.45, 2.75) is 39.2 Å². The molecule has 2 fully saturated rings. The fourth-order valence-electron chi connectivity index (χ4n) is 3.37. The molecule has 0 aromatic carbocycles. The van der Waals surface area contributed by atoms with Crippen LogP contribution in [0.25, 0.3) is 0 Å². The summed E-state index contributed by atoms with van der Waals surface area (Å²) in [4.78, 5) is 26.4. The lowest BCUT2D eigenvalue weighted by molar-refractivity contribution is -0.136. The maximum atomic E-state index is 12.4. The lowest BCUT2D eigenvalue weighted by Gasteiger charge is -2.24. The Morgan fingerprint density at radius 2 is 2.05 bits per heavy atom. The van der Waals surface area contributed by atoms with Crippen molar-refractivity contribution >= 4 is 23.6 Å². The van der Waals surface area contributed by atoms with Crippen LogP contribution < -0.4 is 11.1 Å². The van der Waals surface area contributed by atoms with E-state index in [9.17, 15) is 9.59 Å². The molecule has 1 aliphatic carbocycles. The summed E-state index contributed by atoms with van der Waals surface area (Å²) in [5.41, 5.74) is 4.49. The van der Waals surface area contributed by atoms with Crippen LogP contribution in [0.15, 0.2) is 0 Å². The predicted molar refractivity (Wildman–Crippen MR) is 90.6 cm³/mol. The van der Waals surface area contributed by atoms with Gasteiger partial charge >= 0.3 is 0 Å². The van der Waals surface area contributed by atoms with Crippen LogP contribution in [0.3, 0.4) is 0 Å². The molecule has 22 heavy (non-hydrogen) atoms. The van der Waals surface area contributed by atoms with E-state index in [-0.39, 0.29) is 11.9 Å². The van der Waals surface area contributed by atoms with E-state index in [0.29, 0.717) is 24.7 Å². The Balaban J connectivity index is 1.93. The quantitative estimate of drug-likeness (QED) is 0.517. The van der Waals surface area contributed by atoms with Crippen molar-refractivity contribution in [3.63, 3.8) is 0 Å². The van der Waals surface area contributed by atoms with Crippen LogP contribution in [0.2, 0.25) is 0 Å². The van der Waals surface area contributed by atoms with Crippen molar-refractivity contribution in [3.05, 3.63) is 0 Å². The molecule has 0 radical (unpaired) electrons. The van der Waals surface area contributed by atoms with Gasteiger partial charge < -0.3 is 16.0 Å². The summed E-state index contributed by atoms with van der Waals surface area (Å²) >= 11 is 1.87. The summed E-state index contributed by atoms with van der Waals surface area (Å²) in [7, 11) is 0. The van der Waals surface area contributed by atoms with Gasteiger partial charge in [-0.3, -0.25) is 9.59 Å². The Labute approximate surface area is 137 Å². The predicted octanol–water partition coefficient (Wildman–Crippen LogP) is 1.08. The highest BCUT2D eigenvalue weighted by Crippen LogP contribution is 2.45. The number of likely N-dealkylation sites (tertiary alicyclic amines) is 1. The molecule has 2 aliphatic rings. The molecule has 2 atom stereocenters. The standard InChI is InChI=1S/C16H29N3O2S/c1-11(2)12-9-19(7-4-8-22-3)10-13(12)18-15(21)16(5-6-16)14(17)20/h11-13H,4-10H2,1-3H3,(H2,17,20)(H,18,21)/t12-,13+/m1/s1. The lowest BCUT2D eigenvalue weighted by Crippen LogP contribution is -2.48. The monoisotopic (exact) mass is 327 g/mol. The van der Waals surface area contributed by atoms with Crippen molar-refractivity contribution in [1.29, 1.82) is 0 Å². The Morgan fingerprint density at radius 3 is 2.55 bits per heavy atom. The number of nitrogens with zero attached hydrogens (tertiary/aromatic N) is 1. The smallest absolute Gasteiger partial charge is 0.235 e. The third-order valence-electron chi connectivity index (χ3n) is 5.09. The number of hydrogen-bond acceptors (Lipinski definition) is 4. The van der Waals surface area contributed by atoms with Crippen LogP contribution in [-0.2, 0) is 9.59 Å². The van der Waals surface area contributed by atoms with Gasteiger partial charge in [0.15, 0.2) is 0 Å². The van der Waals surface area contributed by atoms with Gasteiger partial charge in [-0.1, -0.05) is 13.8 Å². The molecule has 0 unspecified atom stereocenters. The zero-order valence-corrected chi connectivity index (χ0v) is 14.7. The third kappa shape index (κ3) is 3.77. The van der Waals surface area contributed by atoms with Crippen LogP contribution in [0, 0.1) is 17.3 Å². The van der Waals surface area contributed by atoms with E-state index in [2.05, 4.69) is 30.3 Å². The molecule has 1 saturated carbocycles. The summed E-state index contributed by atoms with van der Waals surface area (Å²) in [6.45, 7) is 7.40. The van der Waals surface area contributed by atoms with Gasteiger partial charge in [-0.15, -0.1) is 0 Å². The second-order valence-corrected chi connectivity index (χ2v) is 8.03. The van der Waals surface area contributed by atoms with E-state index in [1.807, 2.05) is 11.8 Å². The molecular weight excluding hydrogens is 298 g/mol. The van der Waals surface area contributed by atoms with E-state index < -0.39 is 11.3 Å². The van der Waals surface area contributed by atoms with E-state index in [4.69, 9.17) is 5.73 Å². The van der Waals surface area contributed by atoms with Crippen molar-refractivity contribution in [3.8, 4) is 0 Å². The number of nitrogens with one attached hydrogen (secondary N) is 1. The molecular formula is C16H29N3O2S. The summed E-state index contributed by atoms with van der Waals surface area (Å²) < 4.78 is 0. The minimum absolute atomic E-state index is 0.138. The van der Waals surface area contributed by atoms with Crippen molar-refractivity contribution in [1.82, 2.24) is 10.2 Å². The zero-order valence-electron chi connectivity index (χ0n) is 13.9. The van der Waals surface area contributed by atoms with Gasteiger partial charge in [0.25, 0.3) is 0 Å². The number of amides is 2. The topological polar surface area (TPSA) is 75.4 Å². The number of thioether (sulfide) groups is 1. The first-order valence-electron chi connectivity index (χ1n) is 8.23. The molecule has 1 heterocycles. The average Bonchev–Trinajstić information content (AvgIpc) is 3.17. The van der Waals surface area contributed by atoms with Gasteiger partial charge in [0, 0.05) is 19.1 Å². The molecule has 6 heteroatoms. The van der Waals surface area contributed by atoms with Crippen LogP contribution in [-0.4, -0.2) is 54.4 Å². The highest BCUT2D eigenvalue weighted by atomic mass is 32.2. The largest absolute Gasteiger partial charge is 0.369 e. The Morgan fingerprint density at radius 1 is 1.36 bits per heavy atom. The van der Waals surface area contributed by atoms with E-state index in [1.54, 1.807) is 0 Å². The summed E-state index contributed by atoms with van der Waals surface area (Å²) in [5.74, 6) is 1.51. The van der Waals surface area contributed by atoms with Gasteiger partial charge in [0.05, 0.1) is 0 Å². The zero-order chi connectivity index (χ0) is 16.3. The molecule has 0 aromatic heterocycles. The molecule has 0 spiro atoms. The molecule has 2 amide bonds. The number of hydrogen-bond donors (Lipinski definition) is 2. The molecule has 5 nitrogen and oxygen atoms in total. The third-order valence-corrected chi connectivity index (χ3v) is 5.79. The number of nitrogens with two attached hydrogens (primary N) is 1. The molecule has 1 aliphatic heterocycles. The molecule has 2 rings (SSSR count). The van der Waals surface area contributed by atoms with Gasteiger partial charge in [0.2, 0.25) is 11.8 Å². The maximum absolute atomic E-state index is 12.4. The first-order valence-corrected chi connectivity index (χ1v) is 9.62. The van der Waals surface area contributed by atoms with E-state index in [0.717, 1.165) is 19.6 Å². The molecule has 3 N–H and O–H groups in total. The highest BCUT2D eigenvalue weighted by molar-refractivity contribution is 7.98. The molecule has 1 saturated heterocycles. The van der Waals surface area contributed by atoms with Crippen LogP contribution in [0.4, 0.5) is 0 Å². The maximum Gasteiger partial charge on any atom is 0.235 e. The number of rotatable bonds is 8. The van der Waals surface area contributed by atoms with Crippen molar-refractivity contribution in [2.75, 3.05) is 31.6 Å². The SMILES string of the molecule is CSCCCN1C[C@H](NC(=O)C2(C(N)=O)CC2)[C@@H](C(C)C)C1. The van der Waals surface area contributed by atoms with E-state index in [1.165, 1.54) is 12.2 Å². The van der Waals surface area contributed by atoms with Gasteiger partial charge in [-0.2, -0.15) is 11.8 Å². The molecule has 0 bridgehead atoms. The Bertz CT molecular complexity index is 424. The van der Waals surface area contributed by atoms with Crippen molar-refractivity contribution < 1.29 is 9.59 Å². The summed E-state index contributed by atoms with van der Waals surface area (Å²) in [6, 6.07) is 0.138. The number of primary amides is 1. The fraction of sp³-hybridized carbons (Fsp3) is 0.875. The first-order chi connectivity index (χ1) is 10.4. The second kappa shape index (κ2) is 7.21. The first kappa shape index (κ1) is 17.6.